The summed E-state index contributed by atoms with van der Waals surface area (Å²) < 4.78 is 1.78. The van der Waals surface area contributed by atoms with Crippen molar-refractivity contribution in [3.05, 3.63) is 53.9 Å². The fraction of sp³-hybridized carbons (Fsp3) is 0.538. The molecular formula is C26H36N8O. The number of rotatable bonds is 8. The summed E-state index contributed by atoms with van der Waals surface area (Å²) in [6.45, 7) is 10.9. The van der Waals surface area contributed by atoms with E-state index in [1.165, 1.54) is 5.56 Å². The number of piperidine rings is 1. The number of benzene rings is 1. The monoisotopic (exact) mass is 476 g/mol. The van der Waals surface area contributed by atoms with E-state index in [0.717, 1.165) is 95.5 Å². The highest BCUT2D eigenvalue weighted by atomic mass is 16.1. The van der Waals surface area contributed by atoms with E-state index >= 15 is 0 Å². The van der Waals surface area contributed by atoms with Crippen molar-refractivity contribution < 1.29 is 4.79 Å². The first-order valence-electron chi connectivity index (χ1n) is 12.9. The van der Waals surface area contributed by atoms with Crippen LogP contribution in [-0.4, -0.2) is 87.9 Å². The van der Waals surface area contributed by atoms with Gasteiger partial charge in [0.05, 0.1) is 0 Å². The summed E-state index contributed by atoms with van der Waals surface area (Å²) in [5.41, 5.74) is 2.15. The Hall–Kier alpha value is -3.04. The van der Waals surface area contributed by atoms with Crippen LogP contribution in [0.15, 0.2) is 42.5 Å². The maximum absolute atomic E-state index is 12.7. The fourth-order valence-electron chi connectivity index (χ4n) is 5.10. The van der Waals surface area contributed by atoms with Crippen molar-refractivity contribution in [1.82, 2.24) is 34.9 Å². The van der Waals surface area contributed by atoms with Gasteiger partial charge in [0, 0.05) is 58.3 Å². The molecule has 35 heavy (non-hydrogen) atoms. The molecule has 0 radical (unpaired) electrons. The predicted octanol–water partition coefficient (Wildman–Crippen LogP) is 1.97. The molecule has 0 aliphatic carbocycles. The molecule has 0 spiro atoms. The largest absolute Gasteiger partial charge is 0.356 e. The SMILES string of the molecule is Cc1nnc2ccc(N3CCC(C(=O)NCCCN4CCN(Cc5ccccc5)CC4)CC3)nn12. The van der Waals surface area contributed by atoms with Crippen molar-refractivity contribution in [1.29, 1.82) is 0 Å². The number of anilines is 1. The molecule has 2 aromatic heterocycles. The summed E-state index contributed by atoms with van der Waals surface area (Å²) in [6.07, 6.45) is 2.72. The lowest BCUT2D eigenvalue weighted by Crippen LogP contribution is -2.46. The first-order valence-corrected chi connectivity index (χ1v) is 12.9. The first kappa shape index (κ1) is 23.7. The zero-order valence-electron chi connectivity index (χ0n) is 20.6. The van der Waals surface area contributed by atoms with Crippen molar-refractivity contribution >= 4 is 17.4 Å². The van der Waals surface area contributed by atoms with Gasteiger partial charge in [-0.2, -0.15) is 4.52 Å². The van der Waals surface area contributed by atoms with Crippen LogP contribution < -0.4 is 10.2 Å². The molecule has 4 heterocycles. The Morgan fingerprint density at radius 3 is 2.46 bits per heavy atom. The lowest BCUT2D eigenvalue weighted by Gasteiger charge is -2.35. The molecule has 0 saturated carbocycles. The lowest BCUT2D eigenvalue weighted by atomic mass is 9.96. The summed E-state index contributed by atoms with van der Waals surface area (Å²) >= 11 is 0. The fourth-order valence-corrected chi connectivity index (χ4v) is 5.10. The second kappa shape index (κ2) is 11.1. The third-order valence-corrected chi connectivity index (χ3v) is 7.26. The van der Waals surface area contributed by atoms with Gasteiger partial charge in [-0.25, -0.2) is 0 Å². The minimum atomic E-state index is 0.0909. The second-order valence-corrected chi connectivity index (χ2v) is 9.72. The van der Waals surface area contributed by atoms with E-state index in [1.54, 1.807) is 4.52 Å². The first-order chi connectivity index (χ1) is 17.2. The minimum absolute atomic E-state index is 0.0909. The van der Waals surface area contributed by atoms with Gasteiger partial charge in [-0.1, -0.05) is 30.3 Å². The van der Waals surface area contributed by atoms with E-state index in [2.05, 4.69) is 65.6 Å². The molecule has 0 bridgehead atoms. The van der Waals surface area contributed by atoms with Crippen LogP contribution in [0.2, 0.25) is 0 Å². The van der Waals surface area contributed by atoms with Crippen LogP contribution in [0.5, 0.6) is 0 Å². The highest BCUT2D eigenvalue weighted by Crippen LogP contribution is 2.22. The highest BCUT2D eigenvalue weighted by molar-refractivity contribution is 5.78. The molecular weight excluding hydrogens is 440 g/mol. The van der Waals surface area contributed by atoms with Crippen LogP contribution in [0.1, 0.15) is 30.7 Å². The van der Waals surface area contributed by atoms with Gasteiger partial charge in [-0.05, 0) is 50.4 Å². The van der Waals surface area contributed by atoms with Crippen LogP contribution in [-0.2, 0) is 11.3 Å². The molecule has 1 amide bonds. The number of aryl methyl sites for hydroxylation is 1. The van der Waals surface area contributed by atoms with Crippen molar-refractivity contribution in [2.45, 2.75) is 32.7 Å². The maximum Gasteiger partial charge on any atom is 0.223 e. The number of fused-ring (bicyclic) bond motifs is 1. The number of piperazine rings is 1. The number of nitrogens with one attached hydrogen (secondary N) is 1. The molecule has 9 nitrogen and oxygen atoms in total. The number of hydrogen-bond donors (Lipinski definition) is 1. The molecule has 3 aromatic rings. The average molecular weight is 477 g/mol. The third kappa shape index (κ3) is 5.97. The molecule has 186 valence electrons. The van der Waals surface area contributed by atoms with Gasteiger partial charge in [0.1, 0.15) is 5.82 Å². The topological polar surface area (TPSA) is 81.9 Å². The zero-order chi connectivity index (χ0) is 24.0. The van der Waals surface area contributed by atoms with E-state index in [-0.39, 0.29) is 11.8 Å². The molecule has 0 atom stereocenters. The molecule has 1 N–H and O–H groups in total. The molecule has 5 rings (SSSR count). The lowest BCUT2D eigenvalue weighted by molar-refractivity contribution is -0.125. The van der Waals surface area contributed by atoms with Gasteiger partial charge < -0.3 is 15.1 Å². The Morgan fingerprint density at radius 1 is 0.943 bits per heavy atom. The predicted molar refractivity (Wildman–Crippen MR) is 136 cm³/mol. The number of aromatic nitrogens is 4. The maximum atomic E-state index is 12.7. The number of hydrogen-bond acceptors (Lipinski definition) is 7. The van der Waals surface area contributed by atoms with Crippen molar-refractivity contribution in [2.75, 3.05) is 57.3 Å². The summed E-state index contributed by atoms with van der Waals surface area (Å²) in [5, 5.41) is 16.0. The number of carbonyl (C=O) groups excluding carboxylic acids is 1. The van der Waals surface area contributed by atoms with Crippen LogP contribution in [0.25, 0.3) is 5.65 Å². The van der Waals surface area contributed by atoms with Crippen LogP contribution in [0.3, 0.4) is 0 Å². The number of amides is 1. The van der Waals surface area contributed by atoms with Gasteiger partial charge in [-0.15, -0.1) is 15.3 Å². The van der Waals surface area contributed by atoms with E-state index in [9.17, 15) is 4.79 Å². The van der Waals surface area contributed by atoms with Gasteiger partial charge in [0.25, 0.3) is 0 Å². The Balaban J connectivity index is 0.975. The second-order valence-electron chi connectivity index (χ2n) is 9.72. The normalized spacial score (nSPS) is 18.3. The van der Waals surface area contributed by atoms with Gasteiger partial charge in [-0.3, -0.25) is 9.69 Å². The molecule has 2 saturated heterocycles. The molecule has 2 fully saturated rings. The van der Waals surface area contributed by atoms with Crippen LogP contribution in [0, 0.1) is 12.8 Å². The van der Waals surface area contributed by atoms with Crippen LogP contribution in [0.4, 0.5) is 5.82 Å². The van der Waals surface area contributed by atoms with Crippen LogP contribution >= 0.6 is 0 Å². The van der Waals surface area contributed by atoms with Gasteiger partial charge in [0.15, 0.2) is 11.5 Å². The highest BCUT2D eigenvalue weighted by Gasteiger charge is 2.26. The summed E-state index contributed by atoms with van der Waals surface area (Å²) in [4.78, 5) is 20.0. The van der Waals surface area contributed by atoms with Gasteiger partial charge in [0.2, 0.25) is 5.91 Å². The van der Waals surface area contributed by atoms with Crippen molar-refractivity contribution in [3.63, 3.8) is 0 Å². The number of carbonyl (C=O) groups is 1. The Bertz CT molecular complexity index is 1100. The Labute approximate surface area is 207 Å². The van der Waals surface area contributed by atoms with Gasteiger partial charge >= 0.3 is 0 Å². The molecule has 1 aromatic carbocycles. The average Bonchev–Trinajstić information content (AvgIpc) is 3.28. The minimum Gasteiger partial charge on any atom is -0.356 e. The molecule has 0 unspecified atom stereocenters. The van der Waals surface area contributed by atoms with E-state index in [4.69, 9.17) is 0 Å². The van der Waals surface area contributed by atoms with E-state index in [1.807, 2.05) is 19.1 Å². The summed E-state index contributed by atoms with van der Waals surface area (Å²) in [5.74, 6) is 2.00. The standard InChI is InChI=1S/C26H36N8O/c1-21-28-29-24-8-9-25(30-34(21)24)33-14-10-23(11-15-33)26(35)27-12-5-13-31-16-18-32(19-17-31)20-22-6-3-2-4-7-22/h2-4,6-9,23H,5,10-20H2,1H3,(H,27,35). The summed E-state index contributed by atoms with van der Waals surface area (Å²) in [7, 11) is 0. The molecule has 9 heteroatoms. The third-order valence-electron chi connectivity index (χ3n) is 7.26. The smallest absolute Gasteiger partial charge is 0.223 e. The van der Waals surface area contributed by atoms with Crippen molar-refractivity contribution in [2.24, 2.45) is 5.92 Å². The van der Waals surface area contributed by atoms with Crippen molar-refractivity contribution in [3.8, 4) is 0 Å². The molecule has 2 aliphatic heterocycles. The zero-order valence-corrected chi connectivity index (χ0v) is 20.6. The van der Waals surface area contributed by atoms with E-state index < -0.39 is 0 Å². The Morgan fingerprint density at radius 2 is 1.69 bits per heavy atom. The summed E-state index contributed by atoms with van der Waals surface area (Å²) in [6, 6.07) is 14.6. The quantitative estimate of drug-likeness (QED) is 0.498. The molecule has 2 aliphatic rings. The van der Waals surface area contributed by atoms with E-state index in [0.29, 0.717) is 0 Å². The number of nitrogens with zero attached hydrogens (tertiary/aromatic N) is 7. The Kier molecular flexibility index (Phi) is 7.54.